The van der Waals surface area contributed by atoms with E-state index in [0.29, 0.717) is 0 Å². The normalized spacial score (nSPS) is 31.2. The number of nitrogens with one attached hydrogen (secondary N) is 1. The zero-order valence-corrected chi connectivity index (χ0v) is 12.1. The van der Waals surface area contributed by atoms with Crippen molar-refractivity contribution < 1.29 is 0 Å². The Hall–Kier alpha value is -0.120. The first kappa shape index (κ1) is 12.9. The van der Waals surface area contributed by atoms with Crippen molar-refractivity contribution in [1.29, 1.82) is 0 Å². The van der Waals surface area contributed by atoms with Crippen molar-refractivity contribution in [1.82, 2.24) is 15.1 Å². The van der Waals surface area contributed by atoms with E-state index in [4.69, 9.17) is 0 Å². The molecule has 3 fully saturated rings. The van der Waals surface area contributed by atoms with Crippen molar-refractivity contribution in [2.45, 2.75) is 44.7 Å². The molecule has 0 aromatic heterocycles. The predicted octanol–water partition coefficient (Wildman–Crippen LogP) is 1.40. The molecule has 1 N–H and O–H groups in total. The molecule has 3 aliphatic rings. The maximum atomic E-state index is 3.87. The molecule has 1 saturated heterocycles. The molecule has 0 bridgehead atoms. The highest BCUT2D eigenvalue weighted by atomic mass is 15.3. The molecule has 1 unspecified atom stereocenters. The van der Waals surface area contributed by atoms with E-state index < -0.39 is 0 Å². The van der Waals surface area contributed by atoms with Crippen LogP contribution in [0.15, 0.2) is 0 Å². The largest absolute Gasteiger partial charge is 0.312 e. The summed E-state index contributed by atoms with van der Waals surface area (Å²) >= 11 is 0. The highest BCUT2D eigenvalue weighted by molar-refractivity contribution is 4.96. The van der Waals surface area contributed by atoms with Crippen molar-refractivity contribution in [2.24, 2.45) is 11.8 Å². The summed E-state index contributed by atoms with van der Waals surface area (Å²) in [4.78, 5) is 5.11. The molecule has 1 heterocycles. The maximum absolute atomic E-state index is 3.87. The van der Waals surface area contributed by atoms with Crippen LogP contribution in [-0.4, -0.2) is 61.7 Å². The van der Waals surface area contributed by atoms with Crippen LogP contribution >= 0.6 is 0 Å². The van der Waals surface area contributed by atoms with E-state index in [2.05, 4.69) is 29.1 Å². The summed E-state index contributed by atoms with van der Waals surface area (Å²) in [6.45, 7) is 8.52. The maximum Gasteiger partial charge on any atom is 0.0195 e. The van der Waals surface area contributed by atoms with Gasteiger partial charge in [0.15, 0.2) is 0 Å². The monoisotopic (exact) mass is 251 g/mol. The number of piperazine rings is 1. The fourth-order valence-electron chi connectivity index (χ4n) is 3.51. The van der Waals surface area contributed by atoms with Crippen LogP contribution in [-0.2, 0) is 0 Å². The van der Waals surface area contributed by atoms with Crippen molar-refractivity contribution in [3.8, 4) is 0 Å². The van der Waals surface area contributed by atoms with Gasteiger partial charge in [0.2, 0.25) is 0 Å². The second-order valence-corrected chi connectivity index (χ2v) is 6.80. The third kappa shape index (κ3) is 3.25. The van der Waals surface area contributed by atoms with Crippen molar-refractivity contribution in [3.05, 3.63) is 0 Å². The third-order valence-electron chi connectivity index (χ3n) is 5.01. The molecule has 0 radical (unpaired) electrons. The molecule has 0 aromatic carbocycles. The van der Waals surface area contributed by atoms with Gasteiger partial charge in [-0.25, -0.2) is 0 Å². The Kier molecular flexibility index (Phi) is 3.92. The fraction of sp³-hybridized carbons (Fsp3) is 1.00. The first-order valence-electron chi connectivity index (χ1n) is 7.90. The number of hydrogen-bond donors (Lipinski definition) is 1. The van der Waals surface area contributed by atoms with E-state index in [1.54, 1.807) is 0 Å². The van der Waals surface area contributed by atoms with Crippen LogP contribution in [0.1, 0.15) is 32.6 Å². The zero-order chi connectivity index (χ0) is 12.5. The molecule has 0 amide bonds. The van der Waals surface area contributed by atoms with Crippen LogP contribution in [0, 0.1) is 11.8 Å². The Morgan fingerprint density at radius 1 is 1.11 bits per heavy atom. The van der Waals surface area contributed by atoms with Gasteiger partial charge in [-0.15, -0.1) is 0 Å². The molecule has 18 heavy (non-hydrogen) atoms. The predicted molar refractivity (Wildman–Crippen MR) is 75.8 cm³/mol. The van der Waals surface area contributed by atoms with Crippen LogP contribution in [0.25, 0.3) is 0 Å². The van der Waals surface area contributed by atoms with Crippen molar-refractivity contribution >= 4 is 0 Å². The van der Waals surface area contributed by atoms with Gasteiger partial charge in [-0.1, -0.05) is 0 Å². The van der Waals surface area contributed by atoms with Gasteiger partial charge in [-0.05, 0) is 51.5 Å². The minimum atomic E-state index is 0.728. The zero-order valence-electron chi connectivity index (χ0n) is 12.1. The molecule has 2 aliphatic carbocycles. The average molecular weight is 251 g/mol. The lowest BCUT2D eigenvalue weighted by Gasteiger charge is -2.38. The van der Waals surface area contributed by atoms with Gasteiger partial charge in [0.1, 0.15) is 0 Å². The number of likely N-dealkylation sites (N-methyl/N-ethyl adjacent to an activating group) is 1. The SMILES string of the molecule is CC1CN(C)CCN1CCNC(C1CC1)C1CC1. The van der Waals surface area contributed by atoms with Gasteiger partial charge in [0.05, 0.1) is 0 Å². The third-order valence-corrected chi connectivity index (χ3v) is 5.01. The molecule has 1 atom stereocenters. The van der Waals surface area contributed by atoms with Crippen LogP contribution in [0.3, 0.4) is 0 Å². The Bertz CT molecular complexity index is 261. The molecule has 3 rings (SSSR count). The summed E-state index contributed by atoms with van der Waals surface area (Å²) in [6.07, 6.45) is 5.94. The number of rotatable bonds is 6. The average Bonchev–Trinajstić information content (AvgIpc) is 3.20. The van der Waals surface area contributed by atoms with Crippen LogP contribution in [0.2, 0.25) is 0 Å². The molecule has 3 heteroatoms. The van der Waals surface area contributed by atoms with E-state index in [-0.39, 0.29) is 0 Å². The molecule has 0 spiro atoms. The molecule has 2 saturated carbocycles. The molecule has 104 valence electrons. The van der Waals surface area contributed by atoms with E-state index >= 15 is 0 Å². The second kappa shape index (κ2) is 5.48. The fourth-order valence-corrected chi connectivity index (χ4v) is 3.51. The standard InChI is InChI=1S/C15H29N3/c1-12-11-17(2)9-10-18(12)8-7-16-15(13-3-4-13)14-5-6-14/h12-16H,3-11H2,1-2H3. The van der Waals surface area contributed by atoms with E-state index in [1.165, 1.54) is 58.4 Å². The van der Waals surface area contributed by atoms with Crippen LogP contribution in [0.5, 0.6) is 0 Å². The van der Waals surface area contributed by atoms with Gasteiger partial charge >= 0.3 is 0 Å². The quantitative estimate of drug-likeness (QED) is 0.770. The molecular weight excluding hydrogens is 222 g/mol. The molecule has 0 aromatic rings. The molecule has 1 aliphatic heterocycles. The van der Waals surface area contributed by atoms with Crippen molar-refractivity contribution in [2.75, 3.05) is 39.8 Å². The first-order valence-corrected chi connectivity index (χ1v) is 7.90. The van der Waals surface area contributed by atoms with Gasteiger partial charge in [-0.2, -0.15) is 0 Å². The minimum Gasteiger partial charge on any atom is -0.312 e. The van der Waals surface area contributed by atoms with Gasteiger partial charge < -0.3 is 10.2 Å². The summed E-state index contributed by atoms with van der Waals surface area (Å²) in [6, 6.07) is 1.60. The lowest BCUT2D eigenvalue weighted by Crippen LogP contribution is -2.52. The number of nitrogens with zero attached hydrogens (tertiary/aromatic N) is 2. The van der Waals surface area contributed by atoms with Gasteiger partial charge in [-0.3, -0.25) is 4.90 Å². The van der Waals surface area contributed by atoms with E-state index in [0.717, 1.165) is 23.9 Å². The Labute approximate surface area is 112 Å². The van der Waals surface area contributed by atoms with E-state index in [9.17, 15) is 0 Å². The smallest absolute Gasteiger partial charge is 0.0195 e. The van der Waals surface area contributed by atoms with Crippen LogP contribution in [0.4, 0.5) is 0 Å². The van der Waals surface area contributed by atoms with Crippen LogP contribution < -0.4 is 5.32 Å². The molecular formula is C15H29N3. The summed E-state index contributed by atoms with van der Waals surface area (Å²) in [5.41, 5.74) is 0. The first-order chi connectivity index (χ1) is 8.74. The lowest BCUT2D eigenvalue weighted by molar-refractivity contribution is 0.0996. The summed E-state index contributed by atoms with van der Waals surface area (Å²) in [5.74, 6) is 2.06. The van der Waals surface area contributed by atoms with Gasteiger partial charge in [0, 0.05) is 44.8 Å². The Balaban J connectivity index is 1.38. The van der Waals surface area contributed by atoms with E-state index in [1.807, 2.05) is 0 Å². The number of hydrogen-bond acceptors (Lipinski definition) is 3. The molecule has 3 nitrogen and oxygen atoms in total. The lowest BCUT2D eigenvalue weighted by atomic mass is 10.1. The Morgan fingerprint density at radius 3 is 2.33 bits per heavy atom. The highest BCUT2D eigenvalue weighted by Gasteiger charge is 2.40. The summed E-state index contributed by atoms with van der Waals surface area (Å²) < 4.78 is 0. The highest BCUT2D eigenvalue weighted by Crippen LogP contribution is 2.44. The topological polar surface area (TPSA) is 18.5 Å². The van der Waals surface area contributed by atoms with Crippen molar-refractivity contribution in [3.63, 3.8) is 0 Å². The second-order valence-electron chi connectivity index (χ2n) is 6.80. The Morgan fingerprint density at radius 2 is 1.78 bits per heavy atom. The minimum absolute atomic E-state index is 0.728. The summed E-state index contributed by atoms with van der Waals surface area (Å²) in [5, 5.41) is 3.87. The summed E-state index contributed by atoms with van der Waals surface area (Å²) in [7, 11) is 2.24. The van der Waals surface area contributed by atoms with Gasteiger partial charge in [0.25, 0.3) is 0 Å².